The molecule has 0 saturated carbocycles. The molecule has 0 saturated heterocycles. The molecule has 1 amide bonds. The highest BCUT2D eigenvalue weighted by Gasteiger charge is 2.31. The van der Waals surface area contributed by atoms with Gasteiger partial charge in [0.1, 0.15) is 17.4 Å². The maximum absolute atomic E-state index is 12.3. The summed E-state index contributed by atoms with van der Waals surface area (Å²) < 4.78 is 10.4. The number of amides is 1. The van der Waals surface area contributed by atoms with Gasteiger partial charge in [0, 0.05) is 19.2 Å². The van der Waals surface area contributed by atoms with Crippen molar-refractivity contribution in [2.45, 2.75) is 39.7 Å². The van der Waals surface area contributed by atoms with Gasteiger partial charge in [0.2, 0.25) is 0 Å². The molecule has 0 aliphatic heterocycles. The van der Waals surface area contributed by atoms with E-state index in [1.165, 1.54) is 19.1 Å². The first-order valence-electron chi connectivity index (χ1n) is 7.04. The summed E-state index contributed by atoms with van der Waals surface area (Å²) in [6.45, 7) is 7.07. The molecular formula is C16H20N2O4. The fraction of sp³-hybridized carbons (Fsp3) is 0.438. The molecule has 22 heavy (non-hydrogen) atoms. The van der Waals surface area contributed by atoms with Crippen LogP contribution < -0.4 is 10.1 Å². The molecule has 0 aliphatic rings. The van der Waals surface area contributed by atoms with Gasteiger partial charge in [-0.2, -0.15) is 5.26 Å². The van der Waals surface area contributed by atoms with Crippen molar-refractivity contribution >= 4 is 17.6 Å². The fourth-order valence-corrected chi connectivity index (χ4v) is 1.85. The van der Waals surface area contributed by atoms with Crippen LogP contribution in [0.5, 0.6) is 5.75 Å². The predicted octanol–water partition coefficient (Wildman–Crippen LogP) is 2.63. The van der Waals surface area contributed by atoms with E-state index in [1.807, 2.05) is 19.9 Å². The quantitative estimate of drug-likeness (QED) is 0.644. The molecule has 0 bridgehead atoms. The van der Waals surface area contributed by atoms with E-state index in [2.05, 4.69) is 5.32 Å². The maximum Gasteiger partial charge on any atom is 0.308 e. The number of benzene rings is 1. The molecule has 1 aromatic carbocycles. The van der Waals surface area contributed by atoms with Crippen molar-refractivity contribution in [2.75, 3.05) is 11.9 Å². The standard InChI is InChI=1S/C16H20N2O4/c1-5-16(4,21-6-2)15(20)18-13-7-8-14(22-11(3)19)12(9-13)10-17/h7-9H,5-6H2,1-4H3,(H,18,20). The molecule has 118 valence electrons. The highest BCUT2D eigenvalue weighted by Crippen LogP contribution is 2.24. The normalized spacial score (nSPS) is 12.9. The number of ether oxygens (including phenoxy) is 2. The van der Waals surface area contributed by atoms with Crippen molar-refractivity contribution in [1.29, 1.82) is 5.26 Å². The smallest absolute Gasteiger partial charge is 0.308 e. The van der Waals surface area contributed by atoms with E-state index in [0.29, 0.717) is 18.7 Å². The van der Waals surface area contributed by atoms with Crippen molar-refractivity contribution in [3.8, 4) is 11.8 Å². The van der Waals surface area contributed by atoms with E-state index in [4.69, 9.17) is 14.7 Å². The molecule has 0 fully saturated rings. The Hall–Kier alpha value is -2.39. The molecule has 1 rings (SSSR count). The zero-order valence-electron chi connectivity index (χ0n) is 13.2. The minimum Gasteiger partial charge on any atom is -0.425 e. The van der Waals surface area contributed by atoms with Crippen LogP contribution in [0.1, 0.15) is 39.7 Å². The van der Waals surface area contributed by atoms with Gasteiger partial charge in [0.15, 0.2) is 0 Å². The van der Waals surface area contributed by atoms with Crippen molar-refractivity contribution < 1.29 is 19.1 Å². The molecule has 1 N–H and O–H groups in total. The lowest BCUT2D eigenvalue weighted by Gasteiger charge is -2.26. The Kier molecular flexibility index (Phi) is 6.08. The Labute approximate surface area is 130 Å². The minimum absolute atomic E-state index is 0.163. The number of hydrogen-bond donors (Lipinski definition) is 1. The summed E-state index contributed by atoms with van der Waals surface area (Å²) in [7, 11) is 0. The summed E-state index contributed by atoms with van der Waals surface area (Å²) in [4.78, 5) is 23.3. The van der Waals surface area contributed by atoms with Crippen LogP contribution >= 0.6 is 0 Å². The van der Waals surface area contributed by atoms with Gasteiger partial charge in [-0.15, -0.1) is 0 Å². The number of nitrogens with zero attached hydrogens (tertiary/aromatic N) is 1. The summed E-state index contributed by atoms with van der Waals surface area (Å²) >= 11 is 0. The van der Waals surface area contributed by atoms with Gasteiger partial charge in [0.25, 0.3) is 5.91 Å². The van der Waals surface area contributed by atoms with E-state index in [9.17, 15) is 9.59 Å². The molecule has 0 aliphatic carbocycles. The molecule has 6 nitrogen and oxygen atoms in total. The third-order valence-electron chi connectivity index (χ3n) is 3.23. The molecule has 0 heterocycles. The lowest BCUT2D eigenvalue weighted by Crippen LogP contribution is -2.42. The zero-order valence-corrected chi connectivity index (χ0v) is 13.2. The second kappa shape index (κ2) is 7.57. The van der Waals surface area contributed by atoms with Gasteiger partial charge >= 0.3 is 5.97 Å². The van der Waals surface area contributed by atoms with Crippen LogP contribution in [0.25, 0.3) is 0 Å². The third-order valence-corrected chi connectivity index (χ3v) is 3.23. The van der Waals surface area contributed by atoms with Crippen LogP contribution in [0.3, 0.4) is 0 Å². The number of esters is 1. The van der Waals surface area contributed by atoms with Crippen LogP contribution in [0, 0.1) is 11.3 Å². The summed E-state index contributed by atoms with van der Waals surface area (Å²) in [6, 6.07) is 6.43. The third kappa shape index (κ3) is 4.30. The van der Waals surface area contributed by atoms with Gasteiger partial charge in [-0.05, 0) is 38.5 Å². The molecule has 1 unspecified atom stereocenters. The highest BCUT2D eigenvalue weighted by atomic mass is 16.5. The monoisotopic (exact) mass is 304 g/mol. The van der Waals surface area contributed by atoms with Crippen molar-refractivity contribution in [2.24, 2.45) is 0 Å². The number of carbonyl (C=O) groups excluding carboxylic acids is 2. The fourth-order valence-electron chi connectivity index (χ4n) is 1.85. The second-order valence-electron chi connectivity index (χ2n) is 4.89. The van der Waals surface area contributed by atoms with Gasteiger partial charge < -0.3 is 14.8 Å². The predicted molar refractivity (Wildman–Crippen MR) is 81.4 cm³/mol. The van der Waals surface area contributed by atoms with Crippen molar-refractivity contribution in [3.63, 3.8) is 0 Å². The highest BCUT2D eigenvalue weighted by molar-refractivity contribution is 5.97. The van der Waals surface area contributed by atoms with Gasteiger partial charge in [-0.25, -0.2) is 0 Å². The number of hydrogen-bond acceptors (Lipinski definition) is 5. The summed E-state index contributed by atoms with van der Waals surface area (Å²) in [5.74, 6) is -0.639. The minimum atomic E-state index is -0.934. The van der Waals surface area contributed by atoms with E-state index >= 15 is 0 Å². The van der Waals surface area contributed by atoms with E-state index < -0.39 is 11.6 Å². The Bertz CT molecular complexity index is 607. The second-order valence-corrected chi connectivity index (χ2v) is 4.89. The first-order chi connectivity index (χ1) is 10.4. The van der Waals surface area contributed by atoms with Crippen LogP contribution in [0.4, 0.5) is 5.69 Å². The zero-order chi connectivity index (χ0) is 16.8. The maximum atomic E-state index is 12.3. The molecule has 1 atom stereocenters. The molecule has 0 radical (unpaired) electrons. The Morgan fingerprint density at radius 2 is 2.05 bits per heavy atom. The largest absolute Gasteiger partial charge is 0.425 e. The van der Waals surface area contributed by atoms with Gasteiger partial charge in [0.05, 0.1) is 5.56 Å². The summed E-state index contributed by atoms with van der Waals surface area (Å²) in [5.41, 5.74) is -0.324. The molecule has 0 spiro atoms. The van der Waals surface area contributed by atoms with E-state index in [0.717, 1.165) is 0 Å². The average Bonchev–Trinajstić information content (AvgIpc) is 2.48. The molecule has 6 heteroatoms. The lowest BCUT2D eigenvalue weighted by atomic mass is 10.0. The van der Waals surface area contributed by atoms with Crippen molar-refractivity contribution in [1.82, 2.24) is 0 Å². The van der Waals surface area contributed by atoms with E-state index in [-0.39, 0.29) is 17.2 Å². The Balaban J connectivity index is 2.97. The first kappa shape index (κ1) is 17.7. The Morgan fingerprint density at radius 1 is 1.36 bits per heavy atom. The molecular weight excluding hydrogens is 284 g/mol. The van der Waals surface area contributed by atoms with Crippen LogP contribution in [0.15, 0.2) is 18.2 Å². The van der Waals surface area contributed by atoms with Gasteiger partial charge in [-0.1, -0.05) is 6.92 Å². The lowest BCUT2D eigenvalue weighted by molar-refractivity contribution is -0.139. The SMILES string of the molecule is CCOC(C)(CC)C(=O)Nc1ccc(OC(C)=O)c(C#N)c1. The number of nitriles is 1. The number of anilines is 1. The summed E-state index contributed by atoms with van der Waals surface area (Å²) in [5, 5.41) is 11.8. The average molecular weight is 304 g/mol. The van der Waals surface area contributed by atoms with Crippen LogP contribution in [0.2, 0.25) is 0 Å². The van der Waals surface area contributed by atoms with E-state index in [1.54, 1.807) is 13.0 Å². The van der Waals surface area contributed by atoms with Crippen molar-refractivity contribution in [3.05, 3.63) is 23.8 Å². The molecule has 1 aromatic rings. The number of rotatable bonds is 6. The first-order valence-corrected chi connectivity index (χ1v) is 7.04. The Morgan fingerprint density at radius 3 is 2.55 bits per heavy atom. The summed E-state index contributed by atoms with van der Waals surface area (Å²) in [6.07, 6.45) is 0.517. The van der Waals surface area contributed by atoms with Crippen LogP contribution in [-0.4, -0.2) is 24.1 Å². The number of nitrogens with one attached hydrogen (secondary N) is 1. The number of carbonyl (C=O) groups is 2. The van der Waals surface area contributed by atoms with Crippen LogP contribution in [-0.2, 0) is 14.3 Å². The topological polar surface area (TPSA) is 88.4 Å². The molecule has 0 aromatic heterocycles. The van der Waals surface area contributed by atoms with Gasteiger partial charge in [-0.3, -0.25) is 9.59 Å².